The highest BCUT2D eigenvalue weighted by molar-refractivity contribution is 6.31. The third kappa shape index (κ3) is 4.01. The Kier molecular flexibility index (Phi) is 5.08. The third-order valence-corrected chi connectivity index (χ3v) is 3.50. The van der Waals surface area contributed by atoms with Gasteiger partial charge in [-0.2, -0.15) is 0 Å². The van der Waals surface area contributed by atoms with E-state index in [2.05, 4.69) is 24.3 Å². The summed E-state index contributed by atoms with van der Waals surface area (Å²) in [5, 5.41) is 7.01. The highest BCUT2D eigenvalue weighted by atomic mass is 35.5. The van der Waals surface area contributed by atoms with Gasteiger partial charge in [0.25, 0.3) is 5.91 Å². The molecule has 118 valence electrons. The van der Waals surface area contributed by atoms with Crippen LogP contribution in [0.1, 0.15) is 36.7 Å². The molecule has 22 heavy (non-hydrogen) atoms. The second-order valence-corrected chi connectivity index (χ2v) is 5.86. The first-order valence-corrected chi connectivity index (χ1v) is 7.40. The Morgan fingerprint density at radius 3 is 2.68 bits per heavy atom. The van der Waals surface area contributed by atoms with Crippen molar-refractivity contribution in [3.63, 3.8) is 0 Å². The van der Waals surface area contributed by atoms with Crippen molar-refractivity contribution in [3.05, 3.63) is 40.1 Å². The predicted molar refractivity (Wildman–Crippen MR) is 85.6 cm³/mol. The largest absolute Gasteiger partial charge is 0.483 e. The molecule has 0 saturated heterocycles. The summed E-state index contributed by atoms with van der Waals surface area (Å²) in [4.78, 5) is 11.8. The first kappa shape index (κ1) is 16.4. The Hall–Kier alpha value is -2.01. The van der Waals surface area contributed by atoms with Crippen LogP contribution in [0, 0.1) is 13.8 Å². The molecule has 0 spiro atoms. The van der Waals surface area contributed by atoms with Crippen molar-refractivity contribution in [2.75, 3.05) is 11.9 Å². The van der Waals surface area contributed by atoms with Gasteiger partial charge in [0.1, 0.15) is 11.5 Å². The summed E-state index contributed by atoms with van der Waals surface area (Å²) >= 11 is 6.22. The van der Waals surface area contributed by atoms with Gasteiger partial charge < -0.3 is 14.6 Å². The molecule has 0 unspecified atom stereocenters. The Balaban J connectivity index is 2.01. The molecule has 0 atom stereocenters. The molecule has 1 aromatic carbocycles. The normalized spacial score (nSPS) is 10.8. The van der Waals surface area contributed by atoms with Crippen molar-refractivity contribution in [3.8, 4) is 5.75 Å². The number of aromatic nitrogens is 1. The number of carbonyl (C=O) groups is 1. The molecule has 1 heterocycles. The van der Waals surface area contributed by atoms with Crippen LogP contribution in [0.25, 0.3) is 0 Å². The molecule has 1 aromatic heterocycles. The molecule has 6 heteroatoms. The summed E-state index contributed by atoms with van der Waals surface area (Å²) in [6, 6.07) is 5.38. The van der Waals surface area contributed by atoms with Crippen LogP contribution in [0.2, 0.25) is 5.02 Å². The van der Waals surface area contributed by atoms with E-state index in [0.717, 1.165) is 11.1 Å². The molecule has 2 aromatic rings. The van der Waals surface area contributed by atoms with E-state index in [4.69, 9.17) is 20.9 Å². The van der Waals surface area contributed by atoms with Crippen LogP contribution in [0.4, 0.5) is 5.82 Å². The number of nitrogens with one attached hydrogen (secondary N) is 1. The molecule has 1 amide bonds. The molecule has 0 aliphatic carbocycles. The Morgan fingerprint density at radius 1 is 1.36 bits per heavy atom. The van der Waals surface area contributed by atoms with Crippen molar-refractivity contribution in [1.29, 1.82) is 0 Å². The highest BCUT2D eigenvalue weighted by Gasteiger charge is 2.12. The molecule has 0 fully saturated rings. The minimum atomic E-state index is -0.297. The van der Waals surface area contributed by atoms with Gasteiger partial charge in [-0.05, 0) is 43.0 Å². The first-order chi connectivity index (χ1) is 10.4. The fourth-order valence-corrected chi connectivity index (χ4v) is 2.45. The van der Waals surface area contributed by atoms with Crippen molar-refractivity contribution in [2.45, 2.75) is 33.6 Å². The van der Waals surface area contributed by atoms with E-state index in [1.54, 1.807) is 13.0 Å². The van der Waals surface area contributed by atoms with Gasteiger partial charge in [0, 0.05) is 11.1 Å². The number of rotatable bonds is 5. The van der Waals surface area contributed by atoms with Gasteiger partial charge in [0.2, 0.25) is 0 Å². The molecular formula is C16H19ClN2O3. The zero-order chi connectivity index (χ0) is 16.3. The van der Waals surface area contributed by atoms with Crippen molar-refractivity contribution >= 4 is 23.3 Å². The maximum absolute atomic E-state index is 11.8. The number of hydrogen-bond donors (Lipinski definition) is 1. The van der Waals surface area contributed by atoms with E-state index in [9.17, 15) is 4.79 Å². The molecule has 0 bridgehead atoms. The smallest absolute Gasteiger partial charge is 0.263 e. The van der Waals surface area contributed by atoms with E-state index in [1.807, 2.05) is 19.1 Å². The minimum absolute atomic E-state index is 0.105. The fraction of sp³-hybridized carbons (Fsp3) is 0.375. The quantitative estimate of drug-likeness (QED) is 0.900. The lowest BCUT2D eigenvalue weighted by molar-refractivity contribution is -0.118. The molecule has 0 radical (unpaired) electrons. The second kappa shape index (κ2) is 6.83. The van der Waals surface area contributed by atoms with Gasteiger partial charge in [-0.25, -0.2) is 0 Å². The maximum atomic E-state index is 11.8. The summed E-state index contributed by atoms with van der Waals surface area (Å²) in [6.45, 7) is 7.65. The van der Waals surface area contributed by atoms with Crippen LogP contribution >= 0.6 is 11.6 Å². The summed E-state index contributed by atoms with van der Waals surface area (Å²) in [5.41, 5.74) is 1.88. The molecule has 0 aliphatic heterocycles. The van der Waals surface area contributed by atoms with Gasteiger partial charge in [-0.3, -0.25) is 4.79 Å². The number of nitrogens with zero attached hydrogens (tertiary/aromatic N) is 1. The summed E-state index contributed by atoms with van der Waals surface area (Å²) < 4.78 is 10.5. The Bertz CT molecular complexity index is 680. The number of amides is 1. The number of anilines is 1. The standard InChI is InChI=1S/C16H19ClN2O3/c1-9(2)12-7-14(10(3)5-13(12)17)21-8-16(20)18-15-6-11(4)22-19-15/h5-7,9H,8H2,1-4H3,(H,18,19,20). The van der Waals surface area contributed by atoms with Crippen LogP contribution in [0.15, 0.2) is 22.7 Å². The van der Waals surface area contributed by atoms with Gasteiger partial charge in [-0.1, -0.05) is 30.6 Å². The van der Waals surface area contributed by atoms with Crippen LogP contribution < -0.4 is 10.1 Å². The number of hydrogen-bond acceptors (Lipinski definition) is 4. The molecular weight excluding hydrogens is 304 g/mol. The summed E-state index contributed by atoms with van der Waals surface area (Å²) in [6.07, 6.45) is 0. The van der Waals surface area contributed by atoms with Gasteiger partial charge in [0.15, 0.2) is 12.4 Å². The summed E-state index contributed by atoms with van der Waals surface area (Å²) in [5.74, 6) is 1.64. The van der Waals surface area contributed by atoms with E-state index in [1.165, 1.54) is 0 Å². The van der Waals surface area contributed by atoms with Crippen molar-refractivity contribution < 1.29 is 14.1 Å². The molecule has 1 N–H and O–H groups in total. The van der Waals surface area contributed by atoms with E-state index >= 15 is 0 Å². The predicted octanol–water partition coefficient (Wildman–Crippen LogP) is 4.09. The topological polar surface area (TPSA) is 64.4 Å². The van der Waals surface area contributed by atoms with E-state index < -0.39 is 0 Å². The SMILES string of the molecule is Cc1cc(NC(=O)COc2cc(C(C)C)c(Cl)cc2C)no1. The number of aryl methyl sites for hydroxylation is 2. The van der Waals surface area contributed by atoms with Crippen molar-refractivity contribution in [1.82, 2.24) is 5.16 Å². The average Bonchev–Trinajstić information content (AvgIpc) is 2.82. The average molecular weight is 323 g/mol. The zero-order valence-electron chi connectivity index (χ0n) is 13.1. The number of benzene rings is 1. The van der Waals surface area contributed by atoms with Crippen LogP contribution in [0.3, 0.4) is 0 Å². The molecule has 0 aliphatic rings. The van der Waals surface area contributed by atoms with E-state index in [-0.39, 0.29) is 18.4 Å². The lowest BCUT2D eigenvalue weighted by atomic mass is 10.0. The Morgan fingerprint density at radius 2 is 2.09 bits per heavy atom. The third-order valence-electron chi connectivity index (χ3n) is 3.17. The fourth-order valence-electron chi connectivity index (χ4n) is 2.01. The molecule has 2 rings (SSSR count). The number of carbonyl (C=O) groups excluding carboxylic acids is 1. The first-order valence-electron chi connectivity index (χ1n) is 7.03. The van der Waals surface area contributed by atoms with Crippen LogP contribution in [0.5, 0.6) is 5.75 Å². The van der Waals surface area contributed by atoms with E-state index in [0.29, 0.717) is 22.4 Å². The zero-order valence-corrected chi connectivity index (χ0v) is 13.8. The molecule has 0 saturated carbocycles. The monoisotopic (exact) mass is 322 g/mol. The van der Waals surface area contributed by atoms with Gasteiger partial charge >= 0.3 is 0 Å². The van der Waals surface area contributed by atoms with Crippen LogP contribution in [-0.2, 0) is 4.79 Å². The highest BCUT2D eigenvalue weighted by Crippen LogP contribution is 2.31. The minimum Gasteiger partial charge on any atom is -0.483 e. The van der Waals surface area contributed by atoms with Crippen molar-refractivity contribution in [2.24, 2.45) is 0 Å². The molecule has 5 nitrogen and oxygen atoms in total. The lowest BCUT2D eigenvalue weighted by Crippen LogP contribution is -2.20. The Labute approximate surface area is 134 Å². The number of halogens is 1. The maximum Gasteiger partial charge on any atom is 0.263 e. The van der Waals surface area contributed by atoms with Gasteiger partial charge in [0.05, 0.1) is 0 Å². The van der Waals surface area contributed by atoms with Crippen LogP contribution in [-0.4, -0.2) is 17.7 Å². The van der Waals surface area contributed by atoms with Gasteiger partial charge in [-0.15, -0.1) is 0 Å². The number of ether oxygens (including phenoxy) is 1. The lowest BCUT2D eigenvalue weighted by Gasteiger charge is -2.14. The second-order valence-electron chi connectivity index (χ2n) is 5.45. The summed E-state index contributed by atoms with van der Waals surface area (Å²) in [7, 11) is 0.